The number of nitrogens with two attached hydrogens (primary N) is 1. The lowest BCUT2D eigenvalue weighted by Gasteiger charge is -2.33. The Morgan fingerprint density at radius 1 is 1.12 bits per heavy atom. The molecule has 3 N–H and O–H groups in total. The SMILES string of the molecule is Cc1cccc(C)c1NC(=O)CN1CCN(Cc2nccc(N)n2)CC1. The molecule has 1 aromatic carbocycles. The highest BCUT2D eigenvalue weighted by molar-refractivity contribution is 5.93. The maximum absolute atomic E-state index is 12.4. The van der Waals surface area contributed by atoms with Crippen LogP contribution in [0.2, 0.25) is 0 Å². The molecule has 1 amide bonds. The van der Waals surface area contributed by atoms with Crippen LogP contribution in [0.15, 0.2) is 30.5 Å². The average molecular weight is 354 g/mol. The van der Waals surface area contributed by atoms with Gasteiger partial charge in [-0.15, -0.1) is 0 Å². The zero-order valence-corrected chi connectivity index (χ0v) is 15.4. The number of hydrogen-bond acceptors (Lipinski definition) is 6. The first-order valence-corrected chi connectivity index (χ1v) is 8.89. The van der Waals surface area contributed by atoms with Crippen molar-refractivity contribution in [2.75, 3.05) is 43.8 Å². The number of nitrogens with one attached hydrogen (secondary N) is 1. The lowest BCUT2D eigenvalue weighted by molar-refractivity contribution is -0.117. The molecule has 1 aliphatic rings. The van der Waals surface area contributed by atoms with Crippen LogP contribution in [0.5, 0.6) is 0 Å². The Hall–Kier alpha value is -2.51. The molecule has 0 atom stereocenters. The molecule has 3 rings (SSSR count). The van der Waals surface area contributed by atoms with Crippen molar-refractivity contribution in [3.05, 3.63) is 47.4 Å². The standard InChI is InChI=1S/C19H26N6O/c1-14-4-3-5-15(2)19(14)23-18(26)13-25-10-8-24(9-11-25)12-17-21-7-6-16(20)22-17/h3-7H,8-13H2,1-2H3,(H,23,26)(H2,20,21,22). The van der Waals surface area contributed by atoms with Crippen LogP contribution in [0.4, 0.5) is 11.5 Å². The maximum Gasteiger partial charge on any atom is 0.238 e. The fraction of sp³-hybridized carbons (Fsp3) is 0.421. The molecule has 0 radical (unpaired) electrons. The van der Waals surface area contributed by atoms with Crippen molar-refractivity contribution in [3.8, 4) is 0 Å². The topological polar surface area (TPSA) is 87.4 Å². The summed E-state index contributed by atoms with van der Waals surface area (Å²) in [4.78, 5) is 25.4. The third kappa shape index (κ3) is 4.77. The van der Waals surface area contributed by atoms with E-state index in [1.54, 1.807) is 12.3 Å². The summed E-state index contributed by atoms with van der Waals surface area (Å²) in [6.07, 6.45) is 1.69. The molecule has 1 saturated heterocycles. The Kier molecular flexibility index (Phi) is 5.80. The summed E-state index contributed by atoms with van der Waals surface area (Å²) in [6, 6.07) is 7.72. The summed E-state index contributed by atoms with van der Waals surface area (Å²) in [5, 5.41) is 3.05. The van der Waals surface area contributed by atoms with Crippen LogP contribution in [0, 0.1) is 13.8 Å². The van der Waals surface area contributed by atoms with E-state index in [-0.39, 0.29) is 5.91 Å². The van der Waals surface area contributed by atoms with E-state index < -0.39 is 0 Å². The molecular formula is C19H26N6O. The summed E-state index contributed by atoms with van der Waals surface area (Å²) >= 11 is 0. The Bertz CT molecular complexity index is 750. The Balaban J connectivity index is 1.47. The van der Waals surface area contributed by atoms with Gasteiger partial charge < -0.3 is 11.1 Å². The molecule has 1 aliphatic heterocycles. The van der Waals surface area contributed by atoms with Gasteiger partial charge in [-0.1, -0.05) is 18.2 Å². The second-order valence-electron chi connectivity index (χ2n) is 6.77. The van der Waals surface area contributed by atoms with E-state index in [0.29, 0.717) is 18.9 Å². The fourth-order valence-corrected chi connectivity index (χ4v) is 3.19. The van der Waals surface area contributed by atoms with Crippen LogP contribution in [-0.4, -0.2) is 58.4 Å². The van der Waals surface area contributed by atoms with E-state index >= 15 is 0 Å². The van der Waals surface area contributed by atoms with Crippen LogP contribution in [-0.2, 0) is 11.3 Å². The molecular weight excluding hydrogens is 328 g/mol. The number of aromatic nitrogens is 2. The monoisotopic (exact) mass is 354 g/mol. The first kappa shape index (κ1) is 18.3. The molecule has 7 nitrogen and oxygen atoms in total. The quantitative estimate of drug-likeness (QED) is 0.845. The fourth-order valence-electron chi connectivity index (χ4n) is 3.19. The number of carbonyl (C=O) groups is 1. The van der Waals surface area contributed by atoms with Gasteiger partial charge in [0.25, 0.3) is 0 Å². The van der Waals surface area contributed by atoms with Crippen molar-refractivity contribution in [2.24, 2.45) is 0 Å². The first-order chi connectivity index (χ1) is 12.5. The first-order valence-electron chi connectivity index (χ1n) is 8.89. The number of para-hydroxylation sites is 1. The van der Waals surface area contributed by atoms with Crippen molar-refractivity contribution < 1.29 is 4.79 Å². The Morgan fingerprint density at radius 2 is 1.77 bits per heavy atom. The van der Waals surface area contributed by atoms with Crippen LogP contribution in [0.3, 0.4) is 0 Å². The molecule has 2 aromatic rings. The highest BCUT2D eigenvalue weighted by Crippen LogP contribution is 2.19. The zero-order valence-electron chi connectivity index (χ0n) is 15.4. The molecule has 0 aliphatic carbocycles. The zero-order chi connectivity index (χ0) is 18.5. The third-order valence-corrected chi connectivity index (χ3v) is 4.67. The minimum absolute atomic E-state index is 0.0371. The van der Waals surface area contributed by atoms with Crippen molar-refractivity contribution in [3.63, 3.8) is 0 Å². The molecule has 1 fully saturated rings. The van der Waals surface area contributed by atoms with Gasteiger partial charge in [0.05, 0.1) is 13.1 Å². The van der Waals surface area contributed by atoms with Gasteiger partial charge in [0.2, 0.25) is 5.91 Å². The molecule has 1 aromatic heterocycles. The summed E-state index contributed by atoms with van der Waals surface area (Å²) in [7, 11) is 0. The number of benzene rings is 1. The molecule has 0 saturated carbocycles. The highest BCUT2D eigenvalue weighted by Gasteiger charge is 2.20. The normalized spacial score (nSPS) is 15.8. The van der Waals surface area contributed by atoms with Crippen LogP contribution in [0.25, 0.3) is 0 Å². The minimum Gasteiger partial charge on any atom is -0.384 e. The molecule has 0 bridgehead atoms. The van der Waals surface area contributed by atoms with Gasteiger partial charge in [-0.2, -0.15) is 0 Å². The summed E-state index contributed by atoms with van der Waals surface area (Å²) in [6.45, 7) is 8.60. The summed E-state index contributed by atoms with van der Waals surface area (Å²) < 4.78 is 0. The Morgan fingerprint density at radius 3 is 2.42 bits per heavy atom. The highest BCUT2D eigenvalue weighted by atomic mass is 16.2. The molecule has 138 valence electrons. The second kappa shape index (κ2) is 8.25. The molecule has 26 heavy (non-hydrogen) atoms. The van der Waals surface area contributed by atoms with Gasteiger partial charge in [-0.3, -0.25) is 14.6 Å². The third-order valence-electron chi connectivity index (χ3n) is 4.67. The van der Waals surface area contributed by atoms with Gasteiger partial charge >= 0.3 is 0 Å². The van der Waals surface area contributed by atoms with E-state index in [1.165, 1.54) is 0 Å². The van der Waals surface area contributed by atoms with E-state index in [4.69, 9.17) is 5.73 Å². The van der Waals surface area contributed by atoms with Crippen molar-refractivity contribution in [2.45, 2.75) is 20.4 Å². The lowest BCUT2D eigenvalue weighted by atomic mass is 10.1. The van der Waals surface area contributed by atoms with Crippen molar-refractivity contribution in [1.82, 2.24) is 19.8 Å². The number of hydrogen-bond donors (Lipinski definition) is 2. The number of nitrogen functional groups attached to an aromatic ring is 1. The number of rotatable bonds is 5. The maximum atomic E-state index is 12.4. The lowest BCUT2D eigenvalue weighted by Crippen LogP contribution is -2.48. The van der Waals surface area contributed by atoms with Gasteiger partial charge in [0.15, 0.2) is 0 Å². The van der Waals surface area contributed by atoms with E-state index in [1.807, 2.05) is 32.0 Å². The van der Waals surface area contributed by atoms with E-state index in [0.717, 1.165) is 48.8 Å². The molecule has 0 spiro atoms. The minimum atomic E-state index is 0.0371. The number of nitrogens with zero attached hydrogens (tertiary/aromatic N) is 4. The second-order valence-corrected chi connectivity index (χ2v) is 6.77. The number of anilines is 2. The van der Waals surface area contributed by atoms with Gasteiger partial charge in [-0.25, -0.2) is 9.97 Å². The van der Waals surface area contributed by atoms with Crippen molar-refractivity contribution in [1.29, 1.82) is 0 Å². The summed E-state index contributed by atoms with van der Waals surface area (Å²) in [5.74, 6) is 1.28. The van der Waals surface area contributed by atoms with Gasteiger partial charge in [0, 0.05) is 38.1 Å². The van der Waals surface area contributed by atoms with Crippen molar-refractivity contribution >= 4 is 17.4 Å². The molecule has 2 heterocycles. The van der Waals surface area contributed by atoms with Crippen LogP contribution < -0.4 is 11.1 Å². The Labute approximate surface area is 154 Å². The van der Waals surface area contributed by atoms with Crippen LogP contribution in [0.1, 0.15) is 17.0 Å². The molecule has 0 unspecified atom stereocenters. The average Bonchev–Trinajstić information content (AvgIpc) is 2.60. The van der Waals surface area contributed by atoms with Gasteiger partial charge in [-0.05, 0) is 31.0 Å². The van der Waals surface area contributed by atoms with E-state index in [2.05, 4.69) is 25.1 Å². The number of carbonyl (C=O) groups excluding carboxylic acids is 1. The van der Waals surface area contributed by atoms with Gasteiger partial charge in [0.1, 0.15) is 11.6 Å². The predicted molar refractivity (Wildman–Crippen MR) is 103 cm³/mol. The largest absolute Gasteiger partial charge is 0.384 e. The van der Waals surface area contributed by atoms with E-state index in [9.17, 15) is 4.79 Å². The summed E-state index contributed by atoms with van der Waals surface area (Å²) in [5.41, 5.74) is 8.81. The van der Waals surface area contributed by atoms with Crippen LogP contribution >= 0.6 is 0 Å². The smallest absolute Gasteiger partial charge is 0.238 e. The molecule has 7 heteroatoms. The number of piperazine rings is 1. The number of aryl methyl sites for hydroxylation is 2. The predicted octanol–water partition coefficient (Wildman–Crippen LogP) is 1.43. The number of amides is 1.